The molecule has 1 aromatic carbocycles. The van der Waals surface area contributed by atoms with E-state index in [9.17, 15) is 13.2 Å². The molecule has 126 valence electrons. The van der Waals surface area contributed by atoms with Gasteiger partial charge in [0.2, 0.25) is 5.95 Å². The highest BCUT2D eigenvalue weighted by molar-refractivity contribution is 7.91. The third-order valence-electron chi connectivity index (χ3n) is 3.54. The van der Waals surface area contributed by atoms with E-state index in [1.54, 1.807) is 24.3 Å². The molecule has 1 fully saturated rings. The van der Waals surface area contributed by atoms with Crippen LogP contribution in [0.15, 0.2) is 36.5 Å². The van der Waals surface area contributed by atoms with Crippen molar-refractivity contribution in [1.29, 1.82) is 0 Å². The Morgan fingerprint density at radius 3 is 2.83 bits per heavy atom. The highest BCUT2D eigenvalue weighted by atomic mass is 35.5. The van der Waals surface area contributed by atoms with Crippen LogP contribution in [0.4, 0.5) is 11.6 Å². The lowest BCUT2D eigenvalue weighted by Crippen LogP contribution is -2.36. The molecular formula is C15H15ClN4O3S. The molecule has 1 saturated heterocycles. The van der Waals surface area contributed by atoms with E-state index < -0.39 is 15.7 Å². The highest BCUT2D eigenvalue weighted by Crippen LogP contribution is 2.18. The van der Waals surface area contributed by atoms with Crippen LogP contribution in [-0.4, -0.2) is 41.8 Å². The molecule has 2 heterocycles. The molecule has 0 radical (unpaired) electrons. The van der Waals surface area contributed by atoms with Crippen LogP contribution in [0.1, 0.15) is 16.9 Å². The number of carbonyl (C=O) groups excluding carboxylic acids is 1. The van der Waals surface area contributed by atoms with Crippen LogP contribution in [-0.2, 0) is 9.84 Å². The van der Waals surface area contributed by atoms with Crippen LogP contribution in [0.2, 0.25) is 5.02 Å². The number of sulfone groups is 1. The fourth-order valence-corrected chi connectivity index (χ4v) is 4.27. The van der Waals surface area contributed by atoms with Crippen molar-refractivity contribution in [2.24, 2.45) is 0 Å². The van der Waals surface area contributed by atoms with Gasteiger partial charge >= 0.3 is 0 Å². The Labute approximate surface area is 144 Å². The molecule has 24 heavy (non-hydrogen) atoms. The van der Waals surface area contributed by atoms with Crippen molar-refractivity contribution in [1.82, 2.24) is 15.3 Å². The van der Waals surface area contributed by atoms with Crippen molar-refractivity contribution in [3.8, 4) is 0 Å². The number of aromatic nitrogens is 2. The van der Waals surface area contributed by atoms with Gasteiger partial charge in [-0.3, -0.25) is 4.79 Å². The first kappa shape index (κ1) is 16.7. The molecule has 7 nitrogen and oxygen atoms in total. The summed E-state index contributed by atoms with van der Waals surface area (Å²) in [5.74, 6) is -0.0987. The van der Waals surface area contributed by atoms with Crippen molar-refractivity contribution < 1.29 is 13.2 Å². The molecule has 2 aromatic rings. The number of halogens is 1. The van der Waals surface area contributed by atoms with Gasteiger partial charge in [-0.1, -0.05) is 17.7 Å². The highest BCUT2D eigenvalue weighted by Gasteiger charge is 2.29. The minimum absolute atomic E-state index is 0.0303. The third kappa shape index (κ3) is 4.21. The van der Waals surface area contributed by atoms with Crippen LogP contribution >= 0.6 is 11.6 Å². The van der Waals surface area contributed by atoms with Crippen LogP contribution in [0.3, 0.4) is 0 Å². The molecule has 1 aliphatic rings. The van der Waals surface area contributed by atoms with E-state index in [2.05, 4.69) is 20.6 Å². The topological polar surface area (TPSA) is 101 Å². The summed E-state index contributed by atoms with van der Waals surface area (Å²) in [5, 5.41) is 6.22. The zero-order chi connectivity index (χ0) is 17.2. The smallest absolute Gasteiger partial charge is 0.270 e. The summed E-state index contributed by atoms with van der Waals surface area (Å²) < 4.78 is 22.9. The second kappa shape index (κ2) is 6.74. The van der Waals surface area contributed by atoms with Gasteiger partial charge in [0.05, 0.1) is 11.5 Å². The van der Waals surface area contributed by atoms with E-state index >= 15 is 0 Å². The summed E-state index contributed by atoms with van der Waals surface area (Å²) in [6.45, 7) is 0. The standard InChI is InChI=1S/C15H15ClN4O3S/c16-10-2-1-3-11(8-10)19-15-17-6-4-13(20-15)14(21)18-12-5-7-24(22,23)9-12/h1-4,6,8,12H,5,7,9H2,(H,18,21)(H,17,19,20). The van der Waals surface area contributed by atoms with Crippen LogP contribution in [0.5, 0.6) is 0 Å². The molecule has 2 N–H and O–H groups in total. The van der Waals surface area contributed by atoms with Gasteiger partial charge in [0.1, 0.15) is 5.69 Å². The second-order valence-corrected chi connectivity index (χ2v) is 8.14. The minimum Gasteiger partial charge on any atom is -0.347 e. The van der Waals surface area contributed by atoms with E-state index in [0.717, 1.165) is 0 Å². The Balaban J connectivity index is 1.69. The van der Waals surface area contributed by atoms with E-state index in [1.165, 1.54) is 12.3 Å². The number of nitrogens with zero attached hydrogens (tertiary/aromatic N) is 2. The van der Waals surface area contributed by atoms with Gasteiger partial charge in [0.15, 0.2) is 9.84 Å². The molecule has 1 amide bonds. The zero-order valence-corrected chi connectivity index (χ0v) is 14.1. The minimum atomic E-state index is -3.05. The summed E-state index contributed by atoms with van der Waals surface area (Å²) in [7, 11) is -3.05. The van der Waals surface area contributed by atoms with Crippen molar-refractivity contribution in [3.05, 3.63) is 47.2 Å². The van der Waals surface area contributed by atoms with Crippen LogP contribution in [0.25, 0.3) is 0 Å². The lowest BCUT2D eigenvalue weighted by molar-refractivity contribution is 0.0936. The maximum atomic E-state index is 12.2. The molecule has 0 aliphatic carbocycles. The average molecular weight is 367 g/mol. The normalized spacial score (nSPS) is 19.0. The number of anilines is 2. The van der Waals surface area contributed by atoms with Gasteiger partial charge in [0.25, 0.3) is 5.91 Å². The fourth-order valence-electron chi connectivity index (χ4n) is 2.41. The summed E-state index contributed by atoms with van der Waals surface area (Å²) in [6, 6.07) is 8.13. The quantitative estimate of drug-likeness (QED) is 0.855. The van der Waals surface area contributed by atoms with E-state index in [-0.39, 0.29) is 29.2 Å². The number of nitrogens with one attached hydrogen (secondary N) is 2. The molecular weight excluding hydrogens is 352 g/mol. The van der Waals surface area contributed by atoms with Crippen molar-refractivity contribution in [3.63, 3.8) is 0 Å². The summed E-state index contributed by atoms with van der Waals surface area (Å²) in [5.41, 5.74) is 0.862. The molecule has 0 bridgehead atoms. The largest absolute Gasteiger partial charge is 0.347 e. The Hall–Kier alpha value is -2.19. The van der Waals surface area contributed by atoms with Gasteiger partial charge in [-0.05, 0) is 30.7 Å². The summed E-state index contributed by atoms with van der Waals surface area (Å²) >= 11 is 5.92. The number of carbonyl (C=O) groups is 1. The van der Waals surface area contributed by atoms with Gasteiger partial charge in [-0.25, -0.2) is 18.4 Å². The van der Waals surface area contributed by atoms with Gasteiger partial charge < -0.3 is 10.6 Å². The zero-order valence-electron chi connectivity index (χ0n) is 12.6. The van der Waals surface area contributed by atoms with Crippen molar-refractivity contribution >= 4 is 39.0 Å². The molecule has 1 atom stereocenters. The first-order valence-corrected chi connectivity index (χ1v) is 9.48. The van der Waals surface area contributed by atoms with Crippen LogP contribution in [0, 0.1) is 0 Å². The molecule has 1 aromatic heterocycles. The van der Waals surface area contributed by atoms with E-state index in [4.69, 9.17) is 11.6 Å². The first-order valence-electron chi connectivity index (χ1n) is 7.28. The van der Waals surface area contributed by atoms with Crippen molar-refractivity contribution in [2.45, 2.75) is 12.5 Å². The monoisotopic (exact) mass is 366 g/mol. The van der Waals surface area contributed by atoms with Gasteiger partial charge in [-0.15, -0.1) is 0 Å². The fraction of sp³-hybridized carbons (Fsp3) is 0.267. The molecule has 9 heteroatoms. The maximum Gasteiger partial charge on any atom is 0.270 e. The Kier molecular flexibility index (Phi) is 4.68. The lowest BCUT2D eigenvalue weighted by atomic mass is 10.2. The predicted molar refractivity (Wildman–Crippen MR) is 91.3 cm³/mol. The molecule has 1 unspecified atom stereocenters. The molecule has 3 rings (SSSR count). The third-order valence-corrected chi connectivity index (χ3v) is 5.54. The Morgan fingerprint density at radius 1 is 1.29 bits per heavy atom. The first-order chi connectivity index (χ1) is 11.4. The summed E-state index contributed by atoms with van der Waals surface area (Å²) in [4.78, 5) is 20.4. The van der Waals surface area contributed by atoms with E-state index in [1.807, 2.05) is 0 Å². The number of rotatable bonds is 4. The summed E-state index contributed by atoms with van der Waals surface area (Å²) in [6.07, 6.45) is 1.88. The van der Waals surface area contributed by atoms with E-state index in [0.29, 0.717) is 17.1 Å². The second-order valence-electron chi connectivity index (χ2n) is 5.47. The molecule has 0 saturated carbocycles. The number of hydrogen-bond acceptors (Lipinski definition) is 6. The predicted octanol–water partition coefficient (Wildman–Crippen LogP) is 1.79. The Bertz CT molecular complexity index is 873. The van der Waals surface area contributed by atoms with Crippen molar-refractivity contribution in [2.75, 3.05) is 16.8 Å². The van der Waals surface area contributed by atoms with Gasteiger partial charge in [-0.2, -0.15) is 0 Å². The van der Waals surface area contributed by atoms with Gasteiger partial charge in [0, 0.05) is 22.9 Å². The van der Waals surface area contributed by atoms with Crippen LogP contribution < -0.4 is 10.6 Å². The maximum absolute atomic E-state index is 12.2. The molecule has 1 aliphatic heterocycles. The number of hydrogen-bond donors (Lipinski definition) is 2. The number of amides is 1. The average Bonchev–Trinajstić information content (AvgIpc) is 2.86. The lowest BCUT2D eigenvalue weighted by Gasteiger charge is -2.11. The Morgan fingerprint density at radius 2 is 2.12 bits per heavy atom. The molecule has 0 spiro atoms. The SMILES string of the molecule is O=C(NC1CCS(=O)(=O)C1)c1ccnc(Nc2cccc(Cl)c2)n1. The number of benzene rings is 1.